The molecule has 2 heterocycles. The molecule has 5 heteroatoms. The number of aryl methyl sites for hydroxylation is 4. The second-order valence-corrected chi connectivity index (χ2v) is 8.12. The minimum atomic E-state index is -0.125. The molecule has 0 aliphatic heterocycles. The maximum Gasteiger partial charge on any atom is 0.217 e. The van der Waals surface area contributed by atoms with Crippen LogP contribution >= 0.6 is 0 Å². The van der Waals surface area contributed by atoms with E-state index in [0.717, 1.165) is 33.5 Å². The van der Waals surface area contributed by atoms with Crippen LogP contribution in [-0.2, 0) is 24.9 Å². The third kappa shape index (κ3) is 6.74. The van der Waals surface area contributed by atoms with E-state index in [2.05, 4.69) is 76.2 Å². The van der Waals surface area contributed by atoms with Crippen molar-refractivity contribution in [2.45, 2.75) is 41.5 Å². The summed E-state index contributed by atoms with van der Waals surface area (Å²) >= 11 is 0. The zero-order chi connectivity index (χ0) is 23.4. The zero-order valence-corrected chi connectivity index (χ0v) is 22.1. The quantitative estimate of drug-likeness (QED) is 0.150. The molecule has 33 heavy (non-hydrogen) atoms. The van der Waals surface area contributed by atoms with Crippen LogP contribution in [-0.4, -0.2) is 15.9 Å². The summed E-state index contributed by atoms with van der Waals surface area (Å²) in [5, 5.41) is 9.38. The summed E-state index contributed by atoms with van der Waals surface area (Å²) in [5.41, 5.74) is 8.47. The van der Waals surface area contributed by atoms with Gasteiger partial charge in [-0.25, -0.2) is 0 Å². The van der Waals surface area contributed by atoms with Gasteiger partial charge in [0.1, 0.15) is 5.76 Å². The Kier molecular flexibility index (Phi) is 8.92. The second-order valence-electron chi connectivity index (χ2n) is 8.12. The molecule has 4 rings (SSSR count). The summed E-state index contributed by atoms with van der Waals surface area (Å²) < 4.78 is 6.11. The summed E-state index contributed by atoms with van der Waals surface area (Å²) in [6.07, 6.45) is 1.17. The number of furan rings is 1. The van der Waals surface area contributed by atoms with E-state index in [4.69, 9.17) is 14.5 Å². The summed E-state index contributed by atoms with van der Waals surface area (Å²) in [7, 11) is 0. The van der Waals surface area contributed by atoms with E-state index in [-0.39, 0.29) is 31.6 Å². The fourth-order valence-corrected chi connectivity index (χ4v) is 3.72. The number of ketones is 1. The molecule has 0 aliphatic carbocycles. The van der Waals surface area contributed by atoms with Crippen LogP contribution in [0.25, 0.3) is 33.7 Å². The van der Waals surface area contributed by atoms with Gasteiger partial charge in [-0.3, -0.25) is 9.78 Å². The number of aromatic nitrogens is 1. The van der Waals surface area contributed by atoms with Crippen molar-refractivity contribution in [3.63, 3.8) is 0 Å². The molecule has 0 atom stereocenters. The Hall–Kier alpha value is -3.01. The molecule has 0 spiro atoms. The Bertz CT molecular complexity index is 1270. The van der Waals surface area contributed by atoms with E-state index in [1.165, 1.54) is 36.6 Å². The molecular weight excluding hydrogens is 591 g/mol. The number of nitrogens with zero attached hydrogens (tertiary/aromatic N) is 1. The number of aliphatic hydroxyl groups excluding tert-OH is 1. The second kappa shape index (κ2) is 11.2. The summed E-state index contributed by atoms with van der Waals surface area (Å²) in [6.45, 7) is 11.2. The number of aliphatic hydroxyl groups is 1. The van der Waals surface area contributed by atoms with Crippen molar-refractivity contribution in [1.29, 1.82) is 0 Å². The van der Waals surface area contributed by atoms with Crippen molar-refractivity contribution in [1.82, 2.24) is 4.98 Å². The molecule has 4 nitrogen and oxygen atoms in total. The zero-order valence-electron chi connectivity index (χ0n) is 19.7. The van der Waals surface area contributed by atoms with Gasteiger partial charge in [0.25, 0.3) is 0 Å². The van der Waals surface area contributed by atoms with Crippen molar-refractivity contribution < 1.29 is 34.4 Å². The number of hydrogen-bond acceptors (Lipinski definition) is 4. The van der Waals surface area contributed by atoms with Crippen LogP contribution in [0.15, 0.2) is 64.8 Å². The van der Waals surface area contributed by atoms with E-state index in [1.807, 2.05) is 6.07 Å². The first-order valence-electron chi connectivity index (χ1n) is 10.5. The standard InChI is InChI=1S/C23H20NO.C5H8O2.Ir/c1-14-10-15(2)12-19(11-14)20-9-8-18-13-21(25-23(18)24-20)22-16(3)6-5-7-17(22)4;1-4(6)3-5(2)7;/h5-11,13H,1-4H3;3,6H,1-2H3;/q-1;;/b;4-3-;. The summed E-state index contributed by atoms with van der Waals surface area (Å²) in [5.74, 6) is 0.812. The Morgan fingerprint density at radius 2 is 1.67 bits per heavy atom. The van der Waals surface area contributed by atoms with Gasteiger partial charge in [0.2, 0.25) is 5.71 Å². The third-order valence-corrected chi connectivity index (χ3v) is 4.95. The number of rotatable bonds is 3. The fourth-order valence-electron chi connectivity index (χ4n) is 3.72. The fraction of sp³-hybridized carbons (Fsp3) is 0.214. The first-order valence-corrected chi connectivity index (χ1v) is 10.5. The van der Waals surface area contributed by atoms with Crippen LogP contribution in [0.5, 0.6) is 0 Å². The van der Waals surface area contributed by atoms with Crippen molar-refractivity contribution in [3.8, 4) is 22.6 Å². The van der Waals surface area contributed by atoms with Gasteiger partial charge in [0.05, 0.1) is 5.76 Å². The number of hydrogen-bond donors (Lipinski definition) is 1. The van der Waals surface area contributed by atoms with Gasteiger partial charge in [-0.15, -0.1) is 34.9 Å². The van der Waals surface area contributed by atoms with Crippen molar-refractivity contribution in [2.75, 3.05) is 0 Å². The predicted molar refractivity (Wildman–Crippen MR) is 130 cm³/mol. The minimum absolute atomic E-state index is 0. The van der Waals surface area contributed by atoms with Gasteiger partial charge < -0.3 is 9.52 Å². The van der Waals surface area contributed by atoms with Crippen LogP contribution in [0.1, 0.15) is 36.1 Å². The van der Waals surface area contributed by atoms with E-state index >= 15 is 0 Å². The average molecular weight is 619 g/mol. The van der Waals surface area contributed by atoms with Crippen LogP contribution in [0.2, 0.25) is 0 Å². The molecule has 2 aromatic heterocycles. The van der Waals surface area contributed by atoms with Gasteiger partial charge in [-0.05, 0) is 50.6 Å². The Balaban J connectivity index is 0.000000423. The van der Waals surface area contributed by atoms with Crippen molar-refractivity contribution in [2.24, 2.45) is 0 Å². The normalized spacial score (nSPS) is 10.9. The average Bonchev–Trinajstić information content (AvgIpc) is 3.09. The molecule has 173 valence electrons. The largest absolute Gasteiger partial charge is 0.512 e. The van der Waals surface area contributed by atoms with Gasteiger partial charge in [0, 0.05) is 37.1 Å². The van der Waals surface area contributed by atoms with Crippen LogP contribution in [0.3, 0.4) is 0 Å². The number of carbonyl (C=O) groups is 1. The summed E-state index contributed by atoms with van der Waals surface area (Å²) in [6, 6.07) is 20.1. The number of benzene rings is 2. The Morgan fingerprint density at radius 1 is 1.00 bits per heavy atom. The smallest absolute Gasteiger partial charge is 0.217 e. The number of fused-ring (bicyclic) bond motifs is 1. The molecule has 2 aromatic carbocycles. The van der Waals surface area contributed by atoms with Gasteiger partial charge in [-0.2, -0.15) is 0 Å². The van der Waals surface area contributed by atoms with E-state index in [9.17, 15) is 4.79 Å². The molecule has 4 aromatic rings. The maximum absolute atomic E-state index is 10.0. The van der Waals surface area contributed by atoms with Crippen molar-refractivity contribution >= 4 is 16.9 Å². The third-order valence-electron chi connectivity index (χ3n) is 4.95. The monoisotopic (exact) mass is 619 g/mol. The molecule has 0 aliphatic rings. The molecule has 0 unspecified atom stereocenters. The van der Waals surface area contributed by atoms with Crippen LogP contribution in [0, 0.1) is 33.8 Å². The number of carbonyl (C=O) groups excluding carboxylic acids is 1. The number of pyridine rings is 1. The minimum Gasteiger partial charge on any atom is -0.512 e. The molecule has 0 saturated heterocycles. The first kappa shape index (κ1) is 26.2. The summed E-state index contributed by atoms with van der Waals surface area (Å²) in [4.78, 5) is 14.8. The SMILES string of the molecule is CC(=O)/C=C(/C)O.Cc1[c-]c(-c2ccc3cc(-c4c(C)cccc4C)oc3n2)cc(C)c1.[Ir]. The Labute approximate surface area is 208 Å². The molecule has 1 N–H and O–H groups in total. The molecule has 0 saturated carbocycles. The van der Waals surface area contributed by atoms with E-state index < -0.39 is 0 Å². The van der Waals surface area contributed by atoms with E-state index in [1.54, 1.807) is 0 Å². The van der Waals surface area contributed by atoms with E-state index in [0.29, 0.717) is 5.71 Å². The Morgan fingerprint density at radius 3 is 2.21 bits per heavy atom. The number of allylic oxidation sites excluding steroid dienone is 2. The molecular formula is C28H28IrNO3-. The van der Waals surface area contributed by atoms with Gasteiger partial charge >= 0.3 is 0 Å². The van der Waals surface area contributed by atoms with Gasteiger partial charge in [-0.1, -0.05) is 44.2 Å². The predicted octanol–water partition coefficient (Wildman–Crippen LogP) is 7.23. The molecule has 1 radical (unpaired) electrons. The van der Waals surface area contributed by atoms with Crippen LogP contribution in [0.4, 0.5) is 0 Å². The first-order chi connectivity index (χ1) is 15.1. The maximum atomic E-state index is 10.0. The van der Waals surface area contributed by atoms with Crippen molar-refractivity contribution in [3.05, 3.63) is 88.7 Å². The topological polar surface area (TPSA) is 63.3 Å². The van der Waals surface area contributed by atoms with Crippen LogP contribution < -0.4 is 0 Å². The molecule has 0 fully saturated rings. The molecule has 0 bridgehead atoms. The van der Waals surface area contributed by atoms with Gasteiger partial charge in [0.15, 0.2) is 5.78 Å². The molecule has 0 amide bonds.